The molecule has 146 valence electrons. The average Bonchev–Trinajstić information content (AvgIpc) is 2.95. The maximum Gasteiger partial charge on any atom is 0.416 e. The number of aryl methyl sites for hydroxylation is 1. The van der Waals surface area contributed by atoms with E-state index >= 15 is 0 Å². The Morgan fingerprint density at radius 1 is 1.37 bits per heavy atom. The number of aromatic amines is 1. The van der Waals surface area contributed by atoms with Crippen LogP contribution in [0, 0.1) is 23.0 Å². The lowest BCUT2D eigenvalue weighted by Crippen LogP contribution is -2.30. The molecule has 2 rings (SSSR count). The van der Waals surface area contributed by atoms with Crippen LogP contribution in [0.4, 0.5) is 18.9 Å². The van der Waals surface area contributed by atoms with Crippen LogP contribution < -0.4 is 5.32 Å². The normalized spacial score (nSPS) is 12.9. The Kier molecular flexibility index (Phi) is 5.87. The van der Waals surface area contributed by atoms with Gasteiger partial charge in [-0.2, -0.15) is 18.3 Å². The van der Waals surface area contributed by atoms with Crippen LogP contribution in [-0.4, -0.2) is 21.0 Å². The van der Waals surface area contributed by atoms with Gasteiger partial charge in [-0.25, -0.2) is 0 Å². The zero-order valence-corrected chi connectivity index (χ0v) is 14.9. The van der Waals surface area contributed by atoms with Crippen molar-refractivity contribution in [3.05, 3.63) is 56.9 Å². The molecule has 0 bridgehead atoms. The van der Waals surface area contributed by atoms with Crippen LogP contribution in [0.1, 0.15) is 53.6 Å². The maximum atomic E-state index is 13.0. The molecule has 1 aromatic carbocycles. The third-order valence-corrected chi connectivity index (χ3v) is 3.94. The number of carbonyl (C=O) groups is 1. The van der Waals surface area contributed by atoms with Gasteiger partial charge in [0.25, 0.3) is 5.91 Å². The summed E-state index contributed by atoms with van der Waals surface area (Å²) in [6, 6.07) is 3.90. The number of nitrogens with zero attached hydrogens (tertiary/aromatic N) is 2. The first-order chi connectivity index (χ1) is 12.5. The minimum atomic E-state index is -4.51. The van der Waals surface area contributed by atoms with Crippen molar-refractivity contribution < 1.29 is 22.9 Å². The van der Waals surface area contributed by atoms with Gasteiger partial charge in [-0.1, -0.05) is 26.0 Å². The number of amides is 1. The third-order valence-electron chi connectivity index (χ3n) is 3.94. The lowest BCUT2D eigenvalue weighted by atomic mass is 9.95. The molecule has 2 N–H and O–H groups in total. The Morgan fingerprint density at radius 2 is 2.04 bits per heavy atom. The number of halogens is 3. The first-order valence-corrected chi connectivity index (χ1v) is 8.18. The van der Waals surface area contributed by atoms with Crippen molar-refractivity contribution in [1.82, 2.24) is 15.5 Å². The summed E-state index contributed by atoms with van der Waals surface area (Å²) in [5, 5.41) is 19.8. The van der Waals surface area contributed by atoms with Gasteiger partial charge in [-0.3, -0.25) is 20.0 Å². The number of hydrogen-bond acceptors (Lipinski definition) is 4. The first kappa shape index (κ1) is 20.4. The molecule has 0 spiro atoms. The standard InChI is InChI=1S/C17H19F3N4O3/c1-9(2)7-13(11-5-4-6-12(8-11)17(18,19)20)21-16(25)14-15(24(26)27)10(3)22-23-14/h4-6,8-9,13H,7H2,1-3H3,(H,21,25)(H,22,23). The van der Waals surface area contributed by atoms with E-state index in [0.717, 1.165) is 12.1 Å². The number of H-pyrrole nitrogens is 1. The number of alkyl halides is 3. The topological polar surface area (TPSA) is 101 Å². The van der Waals surface area contributed by atoms with Gasteiger partial charge in [-0.05, 0) is 37.0 Å². The molecule has 1 aromatic heterocycles. The van der Waals surface area contributed by atoms with Gasteiger partial charge in [0.15, 0.2) is 0 Å². The molecule has 0 saturated heterocycles. The summed E-state index contributed by atoms with van der Waals surface area (Å²) in [4.78, 5) is 22.9. The number of benzene rings is 1. The second-order valence-electron chi connectivity index (χ2n) is 6.58. The summed E-state index contributed by atoms with van der Waals surface area (Å²) >= 11 is 0. The van der Waals surface area contributed by atoms with Crippen molar-refractivity contribution in [3.8, 4) is 0 Å². The summed E-state index contributed by atoms with van der Waals surface area (Å²) in [5.41, 5.74) is -1.31. The second-order valence-corrected chi connectivity index (χ2v) is 6.58. The zero-order valence-electron chi connectivity index (χ0n) is 14.9. The molecule has 0 aliphatic heterocycles. The highest BCUT2D eigenvalue weighted by Crippen LogP contribution is 2.32. The van der Waals surface area contributed by atoms with Gasteiger partial charge in [0.2, 0.25) is 5.69 Å². The molecule has 27 heavy (non-hydrogen) atoms. The van der Waals surface area contributed by atoms with E-state index in [1.807, 2.05) is 13.8 Å². The lowest BCUT2D eigenvalue weighted by molar-refractivity contribution is -0.385. The molecule has 7 nitrogen and oxygen atoms in total. The Balaban J connectivity index is 2.36. The Bertz CT molecular complexity index is 846. The molecular formula is C17H19F3N4O3. The molecule has 10 heteroatoms. The van der Waals surface area contributed by atoms with Crippen LogP contribution in [0.2, 0.25) is 0 Å². The predicted molar refractivity (Wildman–Crippen MR) is 91.1 cm³/mol. The van der Waals surface area contributed by atoms with Crippen LogP contribution in [-0.2, 0) is 6.18 Å². The Morgan fingerprint density at radius 3 is 2.59 bits per heavy atom. The summed E-state index contributed by atoms with van der Waals surface area (Å²) < 4.78 is 39.0. The highest BCUT2D eigenvalue weighted by atomic mass is 19.4. The van der Waals surface area contributed by atoms with Gasteiger partial charge in [0, 0.05) is 0 Å². The fourth-order valence-corrected chi connectivity index (χ4v) is 2.71. The molecule has 0 radical (unpaired) electrons. The van der Waals surface area contributed by atoms with Crippen LogP contribution in [0.25, 0.3) is 0 Å². The summed E-state index contributed by atoms with van der Waals surface area (Å²) in [6.45, 7) is 5.11. The summed E-state index contributed by atoms with van der Waals surface area (Å²) in [7, 11) is 0. The van der Waals surface area contributed by atoms with Crippen molar-refractivity contribution in [1.29, 1.82) is 0 Å². The van der Waals surface area contributed by atoms with E-state index in [1.54, 1.807) is 0 Å². The third kappa shape index (κ3) is 4.83. The van der Waals surface area contributed by atoms with Crippen molar-refractivity contribution in [2.24, 2.45) is 5.92 Å². The number of hydrogen-bond donors (Lipinski definition) is 2. The van der Waals surface area contributed by atoms with Crippen molar-refractivity contribution in [2.45, 2.75) is 39.4 Å². The monoisotopic (exact) mass is 384 g/mol. The van der Waals surface area contributed by atoms with Crippen LogP contribution in [0.3, 0.4) is 0 Å². The number of nitrogens with one attached hydrogen (secondary N) is 2. The molecule has 0 saturated carbocycles. The van der Waals surface area contributed by atoms with Crippen molar-refractivity contribution in [2.75, 3.05) is 0 Å². The Hall–Kier alpha value is -2.91. The van der Waals surface area contributed by atoms with Crippen LogP contribution in [0.15, 0.2) is 24.3 Å². The number of aromatic nitrogens is 2. The van der Waals surface area contributed by atoms with Gasteiger partial charge in [-0.15, -0.1) is 0 Å². The quantitative estimate of drug-likeness (QED) is 0.577. The predicted octanol–water partition coefficient (Wildman–Crippen LogP) is 4.16. The molecule has 2 aromatic rings. The first-order valence-electron chi connectivity index (χ1n) is 8.18. The van der Waals surface area contributed by atoms with E-state index in [4.69, 9.17) is 0 Å². The maximum absolute atomic E-state index is 13.0. The number of carbonyl (C=O) groups excluding carboxylic acids is 1. The van der Waals surface area contributed by atoms with E-state index < -0.39 is 40.0 Å². The highest BCUT2D eigenvalue weighted by molar-refractivity contribution is 5.96. The Labute approximate surface area is 153 Å². The van der Waals surface area contributed by atoms with Gasteiger partial charge in [0.05, 0.1) is 16.5 Å². The van der Waals surface area contributed by atoms with Crippen LogP contribution >= 0.6 is 0 Å². The molecule has 1 atom stereocenters. The van der Waals surface area contributed by atoms with Crippen molar-refractivity contribution in [3.63, 3.8) is 0 Å². The van der Waals surface area contributed by atoms with Gasteiger partial charge >= 0.3 is 11.9 Å². The summed E-state index contributed by atoms with van der Waals surface area (Å²) in [6.07, 6.45) is -4.16. The molecule has 1 unspecified atom stereocenters. The SMILES string of the molecule is Cc1[nH]nc(C(=O)NC(CC(C)C)c2cccc(C(F)(F)F)c2)c1[N+](=O)[O-]. The average molecular weight is 384 g/mol. The van der Waals surface area contributed by atoms with Crippen molar-refractivity contribution >= 4 is 11.6 Å². The minimum Gasteiger partial charge on any atom is -0.344 e. The van der Waals surface area contributed by atoms with Gasteiger partial charge in [0.1, 0.15) is 5.69 Å². The molecule has 0 fully saturated rings. The molecule has 1 heterocycles. The number of rotatable bonds is 6. The molecule has 0 aliphatic rings. The highest BCUT2D eigenvalue weighted by Gasteiger charge is 2.32. The van der Waals surface area contributed by atoms with E-state index in [0.29, 0.717) is 6.42 Å². The van der Waals surface area contributed by atoms with E-state index in [1.165, 1.54) is 19.1 Å². The molecule has 1 amide bonds. The lowest BCUT2D eigenvalue weighted by Gasteiger charge is -2.21. The van der Waals surface area contributed by atoms with E-state index in [-0.39, 0.29) is 17.2 Å². The number of nitro groups is 1. The van der Waals surface area contributed by atoms with Gasteiger partial charge < -0.3 is 5.32 Å². The summed E-state index contributed by atoms with van der Waals surface area (Å²) in [5.74, 6) is -0.769. The fraction of sp³-hybridized carbons (Fsp3) is 0.412. The van der Waals surface area contributed by atoms with E-state index in [9.17, 15) is 28.1 Å². The molecular weight excluding hydrogens is 365 g/mol. The second kappa shape index (κ2) is 7.77. The smallest absolute Gasteiger partial charge is 0.344 e. The largest absolute Gasteiger partial charge is 0.416 e. The zero-order chi connectivity index (χ0) is 20.4. The van der Waals surface area contributed by atoms with Crippen LogP contribution in [0.5, 0.6) is 0 Å². The fourth-order valence-electron chi connectivity index (χ4n) is 2.71. The minimum absolute atomic E-state index is 0.0562. The molecule has 0 aliphatic carbocycles. The van der Waals surface area contributed by atoms with E-state index in [2.05, 4.69) is 15.5 Å².